The number of thioether (sulfide) groups is 1. The van der Waals surface area contributed by atoms with Crippen LogP contribution in [0.4, 0.5) is 5.95 Å². The summed E-state index contributed by atoms with van der Waals surface area (Å²) in [7, 11) is 0. The van der Waals surface area contributed by atoms with Gasteiger partial charge in [-0.3, -0.25) is 0 Å². The molecule has 0 aliphatic carbocycles. The Balaban J connectivity index is 2.08. The van der Waals surface area contributed by atoms with Gasteiger partial charge in [0.2, 0.25) is 5.95 Å². The van der Waals surface area contributed by atoms with Crippen LogP contribution in [0, 0.1) is 13.8 Å². The first-order chi connectivity index (χ1) is 10.1. The molecule has 2 rings (SSSR count). The SMILES string of the molecule is CCCNc1ncc(Cl)c(SCc2cc(C)cc(C)c2)n1. The Morgan fingerprint density at radius 3 is 2.57 bits per heavy atom. The number of rotatable bonds is 6. The van der Waals surface area contributed by atoms with E-state index in [1.54, 1.807) is 18.0 Å². The van der Waals surface area contributed by atoms with Crippen molar-refractivity contribution in [2.45, 2.75) is 38.0 Å². The second-order valence-corrected chi connectivity index (χ2v) is 6.43. The van der Waals surface area contributed by atoms with Crippen LogP contribution < -0.4 is 5.32 Å². The van der Waals surface area contributed by atoms with Gasteiger partial charge in [0, 0.05) is 12.3 Å². The van der Waals surface area contributed by atoms with Crippen molar-refractivity contribution in [3.8, 4) is 0 Å². The van der Waals surface area contributed by atoms with E-state index in [0.29, 0.717) is 11.0 Å². The van der Waals surface area contributed by atoms with Crippen LogP contribution in [0.5, 0.6) is 0 Å². The number of hydrogen-bond acceptors (Lipinski definition) is 4. The molecule has 3 nitrogen and oxygen atoms in total. The summed E-state index contributed by atoms with van der Waals surface area (Å²) in [6, 6.07) is 6.58. The molecule has 112 valence electrons. The van der Waals surface area contributed by atoms with Gasteiger partial charge < -0.3 is 5.32 Å². The summed E-state index contributed by atoms with van der Waals surface area (Å²) >= 11 is 7.83. The molecule has 0 amide bonds. The molecule has 1 N–H and O–H groups in total. The summed E-state index contributed by atoms with van der Waals surface area (Å²) < 4.78 is 0. The molecule has 1 aromatic heterocycles. The molecular weight excluding hydrogens is 302 g/mol. The van der Waals surface area contributed by atoms with Gasteiger partial charge in [-0.05, 0) is 25.8 Å². The van der Waals surface area contributed by atoms with Crippen molar-refractivity contribution in [1.29, 1.82) is 0 Å². The van der Waals surface area contributed by atoms with Gasteiger partial charge in [-0.2, -0.15) is 0 Å². The number of nitrogens with zero attached hydrogens (tertiary/aromatic N) is 2. The Morgan fingerprint density at radius 2 is 1.90 bits per heavy atom. The molecular formula is C16H20ClN3S. The van der Waals surface area contributed by atoms with Crippen LogP contribution in [0.1, 0.15) is 30.0 Å². The fourth-order valence-corrected chi connectivity index (χ4v) is 3.15. The Bertz CT molecular complexity index is 596. The van der Waals surface area contributed by atoms with Crippen LogP contribution in [-0.4, -0.2) is 16.5 Å². The predicted molar refractivity (Wildman–Crippen MR) is 91.3 cm³/mol. The zero-order chi connectivity index (χ0) is 15.2. The maximum absolute atomic E-state index is 6.19. The average Bonchev–Trinajstić information content (AvgIpc) is 2.44. The number of benzene rings is 1. The van der Waals surface area contributed by atoms with Gasteiger partial charge in [0.25, 0.3) is 0 Å². The van der Waals surface area contributed by atoms with Gasteiger partial charge in [-0.25, -0.2) is 9.97 Å². The standard InChI is InChI=1S/C16H20ClN3S/c1-4-5-18-16-19-9-14(17)15(20-16)21-10-13-7-11(2)6-12(3)8-13/h6-9H,4-5,10H2,1-3H3,(H,18,19,20). The number of aromatic nitrogens is 2. The summed E-state index contributed by atoms with van der Waals surface area (Å²) in [6.07, 6.45) is 2.70. The molecule has 5 heteroatoms. The highest BCUT2D eigenvalue weighted by molar-refractivity contribution is 7.98. The van der Waals surface area contributed by atoms with Gasteiger partial charge >= 0.3 is 0 Å². The maximum Gasteiger partial charge on any atom is 0.223 e. The number of halogens is 1. The molecule has 0 aliphatic rings. The van der Waals surface area contributed by atoms with E-state index in [1.807, 2.05) is 0 Å². The van der Waals surface area contributed by atoms with Crippen molar-refractivity contribution in [1.82, 2.24) is 9.97 Å². The van der Waals surface area contributed by atoms with Gasteiger partial charge in [0.15, 0.2) is 0 Å². The molecule has 0 atom stereocenters. The highest BCUT2D eigenvalue weighted by Gasteiger charge is 2.07. The average molecular weight is 322 g/mol. The van der Waals surface area contributed by atoms with E-state index in [9.17, 15) is 0 Å². The second-order valence-electron chi connectivity index (χ2n) is 5.06. The van der Waals surface area contributed by atoms with Crippen LogP contribution in [0.15, 0.2) is 29.4 Å². The minimum absolute atomic E-state index is 0.603. The van der Waals surface area contributed by atoms with Crippen LogP contribution >= 0.6 is 23.4 Å². The lowest BCUT2D eigenvalue weighted by Crippen LogP contribution is -2.04. The molecule has 1 heterocycles. The van der Waals surface area contributed by atoms with Crippen LogP contribution in [0.2, 0.25) is 5.02 Å². The number of aryl methyl sites for hydroxylation is 2. The highest BCUT2D eigenvalue weighted by Crippen LogP contribution is 2.28. The van der Waals surface area contributed by atoms with Gasteiger partial charge in [-0.15, -0.1) is 0 Å². The molecule has 21 heavy (non-hydrogen) atoms. The lowest BCUT2D eigenvalue weighted by Gasteiger charge is -2.08. The van der Waals surface area contributed by atoms with E-state index in [1.165, 1.54) is 16.7 Å². The van der Waals surface area contributed by atoms with Crippen LogP contribution in [0.3, 0.4) is 0 Å². The molecule has 0 bridgehead atoms. The predicted octanol–water partition coefficient (Wildman–Crippen LogP) is 4.86. The molecule has 0 aliphatic heterocycles. The summed E-state index contributed by atoms with van der Waals surface area (Å²) in [5.74, 6) is 1.50. The summed E-state index contributed by atoms with van der Waals surface area (Å²) in [5, 5.41) is 4.61. The van der Waals surface area contributed by atoms with E-state index in [4.69, 9.17) is 11.6 Å². The molecule has 0 saturated heterocycles. The molecule has 0 saturated carbocycles. The van der Waals surface area contributed by atoms with E-state index < -0.39 is 0 Å². The first kappa shape index (κ1) is 16.1. The molecule has 0 fully saturated rings. The second kappa shape index (κ2) is 7.66. The number of anilines is 1. The third-order valence-electron chi connectivity index (χ3n) is 2.90. The molecule has 1 aromatic carbocycles. The normalized spacial score (nSPS) is 10.7. The van der Waals surface area contributed by atoms with Crippen molar-refractivity contribution in [3.63, 3.8) is 0 Å². The maximum atomic E-state index is 6.19. The quantitative estimate of drug-likeness (QED) is 0.609. The monoisotopic (exact) mass is 321 g/mol. The topological polar surface area (TPSA) is 37.8 Å². The zero-order valence-electron chi connectivity index (χ0n) is 12.6. The summed E-state index contributed by atoms with van der Waals surface area (Å²) in [4.78, 5) is 8.67. The van der Waals surface area contributed by atoms with Crippen LogP contribution in [-0.2, 0) is 5.75 Å². The lowest BCUT2D eigenvalue weighted by atomic mass is 10.1. The third-order valence-corrected chi connectivity index (χ3v) is 4.35. The van der Waals surface area contributed by atoms with E-state index in [2.05, 4.69) is 54.3 Å². The van der Waals surface area contributed by atoms with E-state index in [-0.39, 0.29) is 0 Å². The van der Waals surface area contributed by atoms with E-state index >= 15 is 0 Å². The van der Waals surface area contributed by atoms with Gasteiger partial charge in [0.1, 0.15) is 5.03 Å². The van der Waals surface area contributed by atoms with Crippen molar-refractivity contribution < 1.29 is 0 Å². The summed E-state index contributed by atoms with van der Waals surface area (Å²) in [6.45, 7) is 7.21. The first-order valence-electron chi connectivity index (χ1n) is 7.05. The first-order valence-corrected chi connectivity index (χ1v) is 8.41. The fraction of sp³-hybridized carbons (Fsp3) is 0.375. The summed E-state index contributed by atoms with van der Waals surface area (Å²) in [5.41, 5.74) is 3.85. The smallest absolute Gasteiger partial charge is 0.223 e. The number of hydrogen-bond donors (Lipinski definition) is 1. The van der Waals surface area contributed by atoms with Crippen molar-refractivity contribution >= 4 is 29.3 Å². The van der Waals surface area contributed by atoms with Crippen molar-refractivity contribution in [2.75, 3.05) is 11.9 Å². The highest BCUT2D eigenvalue weighted by atomic mass is 35.5. The molecule has 0 unspecified atom stereocenters. The minimum Gasteiger partial charge on any atom is -0.354 e. The molecule has 2 aromatic rings. The van der Waals surface area contributed by atoms with Gasteiger partial charge in [0.05, 0.1) is 11.2 Å². The fourth-order valence-electron chi connectivity index (χ4n) is 2.08. The van der Waals surface area contributed by atoms with Crippen LogP contribution in [0.25, 0.3) is 0 Å². The lowest BCUT2D eigenvalue weighted by molar-refractivity contribution is 0.935. The zero-order valence-corrected chi connectivity index (χ0v) is 14.2. The Morgan fingerprint density at radius 1 is 1.19 bits per heavy atom. The van der Waals surface area contributed by atoms with Crippen molar-refractivity contribution in [3.05, 3.63) is 46.1 Å². The van der Waals surface area contributed by atoms with Crippen molar-refractivity contribution in [2.24, 2.45) is 0 Å². The Kier molecular flexibility index (Phi) is 5.88. The third kappa shape index (κ3) is 4.90. The molecule has 0 radical (unpaired) electrons. The molecule has 0 spiro atoms. The Hall–Kier alpha value is -1.26. The largest absolute Gasteiger partial charge is 0.354 e. The minimum atomic E-state index is 0.603. The van der Waals surface area contributed by atoms with E-state index in [0.717, 1.165) is 23.7 Å². The Labute approximate surface area is 135 Å². The van der Waals surface area contributed by atoms with Gasteiger partial charge in [-0.1, -0.05) is 59.6 Å². The number of nitrogens with one attached hydrogen (secondary N) is 1.